The monoisotopic (exact) mass is 381 g/mol. The number of amides is 1. The number of benzene rings is 1. The molecule has 0 aliphatic heterocycles. The molecule has 0 aliphatic rings. The number of methoxy groups -OCH3 is 1. The average molecular weight is 381 g/mol. The standard InChI is InChI=1S/C12H15NO6.CH5O4P/c1-17-10(11(14)15)13(18-2)12(16)19-8-9-6-4-3-5-7-9;1-5-6(2,3)4/h3-7,10H,8H2,1-2H3,(H,14,15);1H3,(H2,2,3,4). The summed E-state index contributed by atoms with van der Waals surface area (Å²) >= 11 is 0. The number of ether oxygens (including phenoxy) is 2. The summed E-state index contributed by atoms with van der Waals surface area (Å²) in [5.74, 6) is -1.36. The fraction of sp³-hybridized carbons (Fsp3) is 0.385. The molecule has 25 heavy (non-hydrogen) atoms. The molecule has 1 atom stereocenters. The van der Waals surface area contributed by atoms with Gasteiger partial charge < -0.3 is 24.4 Å². The molecular weight excluding hydrogens is 361 g/mol. The molecule has 0 fully saturated rings. The smallest absolute Gasteiger partial charge is 0.469 e. The molecule has 1 rings (SSSR count). The molecule has 0 heterocycles. The lowest BCUT2D eigenvalue weighted by molar-refractivity contribution is -0.216. The number of rotatable bonds is 7. The average Bonchev–Trinajstić information content (AvgIpc) is 2.57. The Bertz CT molecular complexity index is 575. The molecule has 0 bridgehead atoms. The highest BCUT2D eigenvalue weighted by Gasteiger charge is 2.31. The normalized spacial score (nSPS) is 11.7. The first-order chi connectivity index (χ1) is 11.7. The highest BCUT2D eigenvalue weighted by Crippen LogP contribution is 2.33. The first-order valence-corrected chi connectivity index (χ1v) is 8.10. The predicted octanol–water partition coefficient (Wildman–Crippen LogP) is 0.969. The lowest BCUT2D eigenvalue weighted by atomic mass is 10.2. The summed E-state index contributed by atoms with van der Waals surface area (Å²) in [4.78, 5) is 42.6. The van der Waals surface area contributed by atoms with Crippen LogP contribution in [0.5, 0.6) is 0 Å². The van der Waals surface area contributed by atoms with Crippen molar-refractivity contribution in [3.8, 4) is 0 Å². The number of hydrogen-bond acceptors (Lipinski definition) is 7. The van der Waals surface area contributed by atoms with Crippen molar-refractivity contribution >= 4 is 19.9 Å². The minimum absolute atomic E-state index is 0.00951. The van der Waals surface area contributed by atoms with Crippen LogP contribution in [0.3, 0.4) is 0 Å². The predicted molar refractivity (Wildman–Crippen MR) is 83.0 cm³/mol. The molecule has 12 heteroatoms. The van der Waals surface area contributed by atoms with Crippen molar-refractivity contribution in [3.05, 3.63) is 35.9 Å². The first-order valence-electron chi connectivity index (χ1n) is 6.57. The van der Waals surface area contributed by atoms with Gasteiger partial charge in [0.15, 0.2) is 0 Å². The zero-order chi connectivity index (χ0) is 19.5. The molecule has 1 amide bonds. The third kappa shape index (κ3) is 9.77. The van der Waals surface area contributed by atoms with Crippen molar-refractivity contribution in [2.45, 2.75) is 12.8 Å². The van der Waals surface area contributed by atoms with Gasteiger partial charge in [0.05, 0.1) is 7.11 Å². The van der Waals surface area contributed by atoms with Crippen LogP contribution in [0.4, 0.5) is 4.79 Å². The Labute approximate surface area is 143 Å². The van der Waals surface area contributed by atoms with Crippen molar-refractivity contribution < 1.29 is 47.9 Å². The maximum Gasteiger partial charge on any atom is 0.469 e. The van der Waals surface area contributed by atoms with E-state index in [9.17, 15) is 14.2 Å². The lowest BCUT2D eigenvalue weighted by Gasteiger charge is -2.23. The number of aliphatic carboxylic acids is 1. The van der Waals surface area contributed by atoms with Crippen LogP contribution in [0.1, 0.15) is 5.56 Å². The van der Waals surface area contributed by atoms with Crippen LogP contribution in [0, 0.1) is 0 Å². The topological polar surface area (TPSA) is 152 Å². The molecule has 1 aromatic rings. The Balaban J connectivity index is 0.000000823. The molecule has 0 aliphatic carbocycles. The second-order valence-electron chi connectivity index (χ2n) is 4.15. The zero-order valence-electron chi connectivity index (χ0n) is 13.8. The quantitative estimate of drug-likeness (QED) is 0.354. The van der Waals surface area contributed by atoms with E-state index in [1.807, 2.05) is 6.07 Å². The lowest BCUT2D eigenvalue weighted by Crippen LogP contribution is -2.45. The Morgan fingerprint density at radius 2 is 1.68 bits per heavy atom. The second kappa shape index (κ2) is 11.5. The summed E-state index contributed by atoms with van der Waals surface area (Å²) < 4.78 is 22.6. The number of phosphoric ester groups is 1. The van der Waals surface area contributed by atoms with Crippen molar-refractivity contribution in [2.24, 2.45) is 0 Å². The molecular formula is C13H20NO10P. The van der Waals surface area contributed by atoms with Gasteiger partial charge in [-0.3, -0.25) is 9.36 Å². The van der Waals surface area contributed by atoms with Crippen LogP contribution in [0.25, 0.3) is 0 Å². The summed E-state index contributed by atoms with van der Waals surface area (Å²) in [7, 11) is -0.902. The summed E-state index contributed by atoms with van der Waals surface area (Å²) in [6.45, 7) is 0.00951. The van der Waals surface area contributed by atoms with Gasteiger partial charge in [-0.05, 0) is 5.56 Å². The highest BCUT2D eigenvalue weighted by molar-refractivity contribution is 7.46. The summed E-state index contributed by atoms with van der Waals surface area (Å²) in [6.07, 6.45) is -2.51. The third-order valence-corrected chi connectivity index (χ3v) is 2.94. The second-order valence-corrected chi connectivity index (χ2v) is 5.49. The van der Waals surface area contributed by atoms with Gasteiger partial charge in [0, 0.05) is 14.2 Å². The van der Waals surface area contributed by atoms with E-state index >= 15 is 0 Å². The third-order valence-electron chi connectivity index (χ3n) is 2.47. The summed E-state index contributed by atoms with van der Waals surface area (Å²) in [5.41, 5.74) is 0.774. The van der Waals surface area contributed by atoms with E-state index in [1.165, 1.54) is 0 Å². The van der Waals surface area contributed by atoms with Gasteiger partial charge in [-0.25, -0.2) is 14.2 Å². The number of hydroxylamine groups is 2. The van der Waals surface area contributed by atoms with Crippen LogP contribution >= 0.6 is 7.82 Å². The van der Waals surface area contributed by atoms with E-state index in [1.54, 1.807) is 24.3 Å². The maximum absolute atomic E-state index is 11.7. The number of nitrogens with zero attached hydrogens (tertiary/aromatic N) is 1. The van der Waals surface area contributed by atoms with Gasteiger partial charge in [0.2, 0.25) is 0 Å². The van der Waals surface area contributed by atoms with E-state index < -0.39 is 26.1 Å². The van der Waals surface area contributed by atoms with Gasteiger partial charge in [0.25, 0.3) is 6.23 Å². The van der Waals surface area contributed by atoms with Gasteiger partial charge in [0.1, 0.15) is 6.61 Å². The number of carboxylic acid groups (broad SMARTS) is 1. The van der Waals surface area contributed by atoms with Gasteiger partial charge in [-0.1, -0.05) is 30.3 Å². The fourth-order valence-corrected chi connectivity index (χ4v) is 1.35. The van der Waals surface area contributed by atoms with Crippen molar-refractivity contribution in [3.63, 3.8) is 0 Å². The minimum Gasteiger partial charge on any atom is -0.478 e. The Kier molecular flexibility index (Phi) is 10.6. The fourth-order valence-electron chi connectivity index (χ4n) is 1.35. The maximum atomic E-state index is 11.7. The van der Waals surface area contributed by atoms with Crippen LogP contribution in [0.2, 0.25) is 0 Å². The molecule has 0 saturated heterocycles. The van der Waals surface area contributed by atoms with Crippen LogP contribution < -0.4 is 0 Å². The number of carbonyl (C=O) groups excluding carboxylic acids is 1. The zero-order valence-corrected chi connectivity index (χ0v) is 14.7. The molecule has 0 spiro atoms. The Morgan fingerprint density at radius 1 is 1.16 bits per heavy atom. The molecule has 0 radical (unpaired) electrons. The SMILES string of the molecule is COC(C(=O)O)N(OC)C(=O)OCc1ccccc1.COP(=O)(O)O. The highest BCUT2D eigenvalue weighted by atomic mass is 31.2. The first kappa shape index (κ1) is 23.0. The van der Waals surface area contributed by atoms with Crippen molar-refractivity contribution in [1.29, 1.82) is 0 Å². The molecule has 0 aromatic heterocycles. The number of carbonyl (C=O) groups is 2. The number of phosphoric acid groups is 1. The largest absolute Gasteiger partial charge is 0.478 e. The van der Waals surface area contributed by atoms with Crippen LogP contribution in [0.15, 0.2) is 30.3 Å². The molecule has 0 saturated carbocycles. The summed E-state index contributed by atoms with van der Waals surface area (Å²) in [5, 5.41) is 9.36. The molecule has 3 N–H and O–H groups in total. The minimum atomic E-state index is -4.15. The van der Waals surface area contributed by atoms with Gasteiger partial charge >= 0.3 is 19.9 Å². The molecule has 11 nitrogen and oxygen atoms in total. The number of hydrogen-bond donors (Lipinski definition) is 3. The Morgan fingerprint density at radius 3 is 2.04 bits per heavy atom. The van der Waals surface area contributed by atoms with Gasteiger partial charge in [-0.15, -0.1) is 5.06 Å². The van der Waals surface area contributed by atoms with Crippen molar-refractivity contribution in [1.82, 2.24) is 5.06 Å². The summed E-state index contributed by atoms with van der Waals surface area (Å²) in [6, 6.07) is 8.97. The van der Waals surface area contributed by atoms with Crippen molar-refractivity contribution in [2.75, 3.05) is 21.3 Å². The Hall–Kier alpha value is -2.01. The van der Waals surface area contributed by atoms with Gasteiger partial charge in [-0.2, -0.15) is 0 Å². The number of carboxylic acids is 1. The molecule has 1 aromatic carbocycles. The molecule has 142 valence electrons. The van der Waals surface area contributed by atoms with E-state index in [0.717, 1.165) is 26.9 Å². The van der Waals surface area contributed by atoms with Crippen LogP contribution in [-0.2, 0) is 34.8 Å². The van der Waals surface area contributed by atoms with E-state index in [-0.39, 0.29) is 6.61 Å². The van der Waals surface area contributed by atoms with E-state index in [2.05, 4.69) is 14.1 Å². The van der Waals surface area contributed by atoms with E-state index in [0.29, 0.717) is 5.06 Å². The van der Waals surface area contributed by atoms with E-state index in [4.69, 9.17) is 19.6 Å². The van der Waals surface area contributed by atoms with Crippen LogP contribution in [-0.4, -0.2) is 59.6 Å². The molecule has 1 unspecified atom stereocenters.